The summed E-state index contributed by atoms with van der Waals surface area (Å²) in [6, 6.07) is 0.413. The van der Waals surface area contributed by atoms with Crippen LogP contribution in [0.3, 0.4) is 0 Å². The molecular weight excluding hydrogens is 224 g/mol. The molecule has 15 heavy (non-hydrogen) atoms. The van der Waals surface area contributed by atoms with Gasteiger partial charge < -0.3 is 5.32 Å². The fourth-order valence-corrected chi connectivity index (χ4v) is 2.83. The van der Waals surface area contributed by atoms with Crippen LogP contribution in [0.15, 0.2) is 6.20 Å². The molecule has 0 aromatic carbocycles. The summed E-state index contributed by atoms with van der Waals surface area (Å²) < 4.78 is 0.320. The van der Waals surface area contributed by atoms with Crippen molar-refractivity contribution < 1.29 is 0 Å². The van der Waals surface area contributed by atoms with Crippen molar-refractivity contribution in [2.75, 3.05) is 7.05 Å². The largest absolute Gasteiger partial charge is 0.312 e. The van der Waals surface area contributed by atoms with Gasteiger partial charge in [0.05, 0.1) is 0 Å². The minimum absolute atomic E-state index is 0.320. The van der Waals surface area contributed by atoms with E-state index < -0.39 is 0 Å². The lowest BCUT2D eigenvalue weighted by Crippen LogP contribution is -2.10. The van der Waals surface area contributed by atoms with Gasteiger partial charge >= 0.3 is 0 Å². The lowest BCUT2D eigenvalue weighted by atomic mass is 10.3. The van der Waals surface area contributed by atoms with Crippen LogP contribution in [0, 0.1) is 0 Å². The van der Waals surface area contributed by atoms with Crippen LogP contribution in [0.4, 0.5) is 0 Å². The highest BCUT2D eigenvalue weighted by molar-refractivity contribution is 7.99. The summed E-state index contributed by atoms with van der Waals surface area (Å²) in [5.41, 5.74) is 0. The van der Waals surface area contributed by atoms with Crippen LogP contribution in [0.25, 0.3) is 0 Å². The maximum atomic E-state index is 4.45. The van der Waals surface area contributed by atoms with E-state index in [4.69, 9.17) is 0 Å². The molecular formula is C11H20N2S2. The molecule has 1 aromatic heterocycles. The van der Waals surface area contributed by atoms with Gasteiger partial charge in [-0.1, -0.05) is 20.8 Å². The zero-order chi connectivity index (χ0) is 11.5. The van der Waals surface area contributed by atoms with Crippen LogP contribution in [-0.4, -0.2) is 16.8 Å². The van der Waals surface area contributed by atoms with Gasteiger partial charge in [0.1, 0.15) is 5.01 Å². The summed E-state index contributed by atoms with van der Waals surface area (Å²) >= 11 is 3.76. The quantitative estimate of drug-likeness (QED) is 0.878. The SMILES string of the molecule is CNC(C)c1cnc(CSC(C)(C)C)s1. The first-order chi connectivity index (χ1) is 6.92. The van der Waals surface area contributed by atoms with E-state index in [1.165, 1.54) is 9.88 Å². The molecule has 1 heterocycles. The van der Waals surface area contributed by atoms with E-state index in [0.29, 0.717) is 10.8 Å². The molecule has 0 aliphatic carbocycles. The minimum atomic E-state index is 0.320. The van der Waals surface area contributed by atoms with Crippen molar-refractivity contribution in [3.63, 3.8) is 0 Å². The van der Waals surface area contributed by atoms with E-state index in [1.807, 2.05) is 36.3 Å². The smallest absolute Gasteiger partial charge is 0.103 e. The monoisotopic (exact) mass is 244 g/mol. The highest BCUT2D eigenvalue weighted by atomic mass is 32.2. The number of nitrogens with zero attached hydrogens (tertiary/aromatic N) is 1. The number of rotatable bonds is 4. The predicted molar refractivity (Wildman–Crippen MR) is 70.6 cm³/mol. The molecule has 1 atom stereocenters. The summed E-state index contributed by atoms with van der Waals surface area (Å²) in [7, 11) is 1.98. The number of thioether (sulfide) groups is 1. The Balaban J connectivity index is 2.53. The second-order valence-electron chi connectivity index (χ2n) is 4.57. The van der Waals surface area contributed by atoms with Crippen LogP contribution in [0.5, 0.6) is 0 Å². The number of thiazole rings is 1. The van der Waals surface area contributed by atoms with Crippen molar-refractivity contribution >= 4 is 23.1 Å². The predicted octanol–water partition coefficient (Wildman–Crippen LogP) is 3.46. The standard InChI is InChI=1S/C11H20N2S2/c1-8(12-5)9-6-13-10(15-9)7-14-11(2,3)4/h6,8,12H,7H2,1-5H3. The first-order valence-corrected chi connectivity index (χ1v) is 6.98. The molecule has 1 aromatic rings. The molecule has 1 unspecified atom stereocenters. The van der Waals surface area contributed by atoms with Crippen molar-refractivity contribution in [1.29, 1.82) is 0 Å². The summed E-state index contributed by atoms with van der Waals surface area (Å²) in [6.45, 7) is 8.88. The number of hydrogen-bond donors (Lipinski definition) is 1. The number of nitrogens with one attached hydrogen (secondary N) is 1. The van der Waals surface area contributed by atoms with Gasteiger partial charge in [-0.25, -0.2) is 4.98 Å². The zero-order valence-corrected chi connectivity index (χ0v) is 11.8. The molecule has 0 aliphatic rings. The van der Waals surface area contributed by atoms with Gasteiger partial charge in [0.15, 0.2) is 0 Å². The third kappa shape index (κ3) is 4.53. The molecule has 0 fully saturated rings. The van der Waals surface area contributed by atoms with E-state index in [-0.39, 0.29) is 0 Å². The maximum absolute atomic E-state index is 4.45. The molecule has 0 saturated carbocycles. The topological polar surface area (TPSA) is 24.9 Å². The zero-order valence-electron chi connectivity index (χ0n) is 10.1. The van der Waals surface area contributed by atoms with E-state index in [1.54, 1.807) is 0 Å². The van der Waals surface area contributed by atoms with Gasteiger partial charge in [-0.3, -0.25) is 0 Å². The molecule has 1 N–H and O–H groups in total. The second-order valence-corrected chi connectivity index (χ2v) is 7.52. The number of aromatic nitrogens is 1. The van der Waals surface area contributed by atoms with E-state index >= 15 is 0 Å². The molecule has 0 spiro atoms. The first-order valence-electron chi connectivity index (χ1n) is 5.18. The van der Waals surface area contributed by atoms with Crippen molar-refractivity contribution in [3.8, 4) is 0 Å². The Bertz CT molecular complexity index is 302. The van der Waals surface area contributed by atoms with E-state index in [2.05, 4.69) is 38.0 Å². The van der Waals surface area contributed by atoms with Crippen molar-refractivity contribution in [1.82, 2.24) is 10.3 Å². The molecule has 0 radical (unpaired) electrons. The minimum Gasteiger partial charge on any atom is -0.312 e. The van der Waals surface area contributed by atoms with Crippen LogP contribution in [0.2, 0.25) is 0 Å². The van der Waals surface area contributed by atoms with Crippen LogP contribution < -0.4 is 5.32 Å². The average molecular weight is 244 g/mol. The molecule has 1 rings (SSSR count). The van der Waals surface area contributed by atoms with Gasteiger partial charge in [-0.2, -0.15) is 0 Å². The lowest BCUT2D eigenvalue weighted by Gasteiger charge is -2.16. The van der Waals surface area contributed by atoms with Crippen LogP contribution in [-0.2, 0) is 5.75 Å². The highest BCUT2D eigenvalue weighted by Crippen LogP contribution is 2.30. The van der Waals surface area contributed by atoms with Gasteiger partial charge in [0.25, 0.3) is 0 Å². The van der Waals surface area contributed by atoms with E-state index in [0.717, 1.165) is 5.75 Å². The fraction of sp³-hybridized carbons (Fsp3) is 0.727. The fourth-order valence-electron chi connectivity index (χ4n) is 1.01. The van der Waals surface area contributed by atoms with E-state index in [9.17, 15) is 0 Å². The second kappa shape index (κ2) is 5.32. The molecule has 2 nitrogen and oxygen atoms in total. The van der Waals surface area contributed by atoms with Gasteiger partial charge in [-0.15, -0.1) is 23.1 Å². The van der Waals surface area contributed by atoms with Crippen LogP contribution in [0.1, 0.15) is 43.6 Å². The Hall–Kier alpha value is -0.0600. The average Bonchev–Trinajstić information content (AvgIpc) is 2.61. The lowest BCUT2D eigenvalue weighted by molar-refractivity contribution is 0.662. The maximum Gasteiger partial charge on any atom is 0.103 e. The summed E-state index contributed by atoms with van der Waals surface area (Å²) in [6.07, 6.45) is 1.99. The Morgan fingerprint density at radius 3 is 2.73 bits per heavy atom. The summed E-state index contributed by atoms with van der Waals surface area (Å²) in [5, 5.41) is 4.46. The molecule has 0 saturated heterocycles. The Morgan fingerprint density at radius 2 is 2.20 bits per heavy atom. The van der Waals surface area contributed by atoms with Gasteiger partial charge in [0, 0.05) is 27.6 Å². The molecule has 86 valence electrons. The third-order valence-electron chi connectivity index (χ3n) is 2.06. The number of hydrogen-bond acceptors (Lipinski definition) is 4. The molecule has 4 heteroatoms. The molecule has 0 bridgehead atoms. The van der Waals surface area contributed by atoms with Gasteiger partial charge in [0.2, 0.25) is 0 Å². The Kier molecular flexibility index (Phi) is 4.62. The third-order valence-corrected chi connectivity index (χ3v) is 4.71. The molecule has 0 amide bonds. The van der Waals surface area contributed by atoms with Gasteiger partial charge in [-0.05, 0) is 14.0 Å². The summed E-state index contributed by atoms with van der Waals surface area (Å²) in [4.78, 5) is 5.77. The summed E-state index contributed by atoms with van der Waals surface area (Å²) in [5.74, 6) is 1.02. The highest BCUT2D eigenvalue weighted by Gasteiger charge is 2.13. The Morgan fingerprint density at radius 1 is 1.53 bits per heavy atom. The first kappa shape index (κ1) is 13.0. The molecule has 0 aliphatic heterocycles. The normalized spacial score (nSPS) is 14.2. The van der Waals surface area contributed by atoms with Crippen LogP contribution >= 0.6 is 23.1 Å². The Labute approximate surface area is 101 Å². The van der Waals surface area contributed by atoms with Crippen molar-refractivity contribution in [2.45, 2.75) is 44.2 Å². The van der Waals surface area contributed by atoms with Crippen molar-refractivity contribution in [3.05, 3.63) is 16.1 Å². The van der Waals surface area contributed by atoms with Crippen molar-refractivity contribution in [2.24, 2.45) is 0 Å².